The molecule has 0 fully saturated rings. The van der Waals surface area contributed by atoms with Gasteiger partial charge in [0.25, 0.3) is 0 Å². The Bertz CT molecular complexity index is 819. The molecule has 0 aliphatic carbocycles. The summed E-state index contributed by atoms with van der Waals surface area (Å²) >= 11 is 4.86. The Labute approximate surface area is 137 Å². The number of hydrogen-bond acceptors (Lipinski definition) is 2. The maximum absolute atomic E-state index is 13.0. The first-order valence-electron chi connectivity index (χ1n) is 6.34. The summed E-state index contributed by atoms with van der Waals surface area (Å²) in [7, 11) is 0. The van der Waals surface area contributed by atoms with Crippen molar-refractivity contribution in [2.75, 3.05) is 0 Å². The number of pyridine rings is 1. The van der Waals surface area contributed by atoms with Gasteiger partial charge in [0, 0.05) is 25.8 Å². The third kappa shape index (κ3) is 2.98. The zero-order valence-corrected chi connectivity index (χ0v) is 13.5. The van der Waals surface area contributed by atoms with E-state index in [1.807, 2.05) is 30.3 Å². The van der Waals surface area contributed by atoms with E-state index in [-0.39, 0.29) is 5.52 Å². The summed E-state index contributed by atoms with van der Waals surface area (Å²) in [6.45, 7) is 0. The molecule has 0 unspecified atom stereocenters. The Morgan fingerprint density at radius 1 is 0.955 bits per heavy atom. The molecule has 0 bridgehead atoms. The molecule has 0 radical (unpaired) electrons. The van der Waals surface area contributed by atoms with E-state index < -0.39 is 11.7 Å². The highest BCUT2D eigenvalue weighted by Gasteiger charge is 2.33. The van der Waals surface area contributed by atoms with Gasteiger partial charge in [0.15, 0.2) is 0 Å². The fourth-order valence-electron chi connectivity index (χ4n) is 2.09. The average Bonchev–Trinajstić information content (AvgIpc) is 2.50. The van der Waals surface area contributed by atoms with E-state index in [1.165, 1.54) is 24.0 Å². The Kier molecular flexibility index (Phi) is 4.14. The summed E-state index contributed by atoms with van der Waals surface area (Å²) in [5, 5.41) is 0.454. The lowest BCUT2D eigenvalue weighted by molar-refractivity contribution is -0.136. The van der Waals surface area contributed by atoms with Crippen LogP contribution in [0.3, 0.4) is 0 Å². The Morgan fingerprint density at radius 2 is 1.68 bits per heavy atom. The number of alkyl halides is 3. The number of para-hydroxylation sites is 1. The second kappa shape index (κ2) is 5.93. The normalized spacial score (nSPS) is 11.8. The lowest BCUT2D eigenvalue weighted by Crippen LogP contribution is -2.06. The van der Waals surface area contributed by atoms with Crippen LogP contribution in [0.2, 0.25) is 0 Å². The largest absolute Gasteiger partial charge is 0.418 e. The average molecular weight is 384 g/mol. The summed E-state index contributed by atoms with van der Waals surface area (Å²) in [5.41, 5.74) is -0.763. The van der Waals surface area contributed by atoms with Crippen LogP contribution >= 0.6 is 27.7 Å². The number of benzene rings is 2. The molecule has 0 spiro atoms. The summed E-state index contributed by atoms with van der Waals surface area (Å²) in [5.74, 6) is 0. The Balaban J connectivity index is 2.11. The van der Waals surface area contributed by atoms with Crippen LogP contribution in [0.5, 0.6) is 0 Å². The van der Waals surface area contributed by atoms with Gasteiger partial charge in [0.05, 0.1) is 11.1 Å². The second-order valence-electron chi connectivity index (χ2n) is 4.55. The highest BCUT2D eigenvalue weighted by Crippen LogP contribution is 2.40. The number of aromatic nitrogens is 1. The van der Waals surface area contributed by atoms with E-state index in [9.17, 15) is 13.2 Å². The van der Waals surface area contributed by atoms with Crippen LogP contribution in [0.25, 0.3) is 10.9 Å². The molecule has 112 valence electrons. The van der Waals surface area contributed by atoms with Gasteiger partial charge < -0.3 is 0 Å². The van der Waals surface area contributed by atoms with Crippen molar-refractivity contribution >= 4 is 38.6 Å². The molecule has 0 amide bonds. The third-order valence-electron chi connectivity index (χ3n) is 3.08. The minimum atomic E-state index is -4.42. The molecule has 0 aliphatic heterocycles. The molecule has 3 aromatic rings. The summed E-state index contributed by atoms with van der Waals surface area (Å²) in [6, 6.07) is 13.7. The number of nitrogens with zero attached hydrogens (tertiary/aromatic N) is 1. The lowest BCUT2D eigenvalue weighted by Gasteiger charge is -2.12. The fraction of sp³-hybridized carbons (Fsp3) is 0.0625. The van der Waals surface area contributed by atoms with E-state index in [4.69, 9.17) is 0 Å². The van der Waals surface area contributed by atoms with E-state index in [2.05, 4.69) is 20.9 Å². The molecule has 3 rings (SSSR count). The maximum atomic E-state index is 13.0. The van der Waals surface area contributed by atoms with Gasteiger partial charge in [-0.1, -0.05) is 42.1 Å². The topological polar surface area (TPSA) is 12.9 Å². The molecule has 22 heavy (non-hydrogen) atoms. The van der Waals surface area contributed by atoms with Crippen LogP contribution in [-0.4, -0.2) is 4.98 Å². The van der Waals surface area contributed by atoms with Crippen LogP contribution in [0.1, 0.15) is 5.56 Å². The monoisotopic (exact) mass is 383 g/mol. The number of fused-ring (bicyclic) bond motifs is 1. The van der Waals surface area contributed by atoms with E-state index in [0.717, 1.165) is 15.9 Å². The minimum absolute atomic E-state index is 0.0423. The van der Waals surface area contributed by atoms with Crippen molar-refractivity contribution in [3.8, 4) is 0 Å². The molecule has 2 aromatic carbocycles. The van der Waals surface area contributed by atoms with Crippen molar-refractivity contribution in [1.82, 2.24) is 4.98 Å². The van der Waals surface area contributed by atoms with Gasteiger partial charge in [-0.25, -0.2) is 0 Å². The Morgan fingerprint density at radius 3 is 2.36 bits per heavy atom. The quantitative estimate of drug-likeness (QED) is 0.524. The molecule has 0 aliphatic rings. The highest BCUT2D eigenvalue weighted by atomic mass is 79.9. The van der Waals surface area contributed by atoms with Crippen molar-refractivity contribution in [1.29, 1.82) is 0 Å². The van der Waals surface area contributed by atoms with Crippen molar-refractivity contribution in [3.63, 3.8) is 0 Å². The van der Waals surface area contributed by atoms with Gasteiger partial charge in [-0.15, -0.1) is 0 Å². The van der Waals surface area contributed by atoms with E-state index in [1.54, 1.807) is 6.07 Å². The standard InChI is InChI=1S/C16H9BrF3NS/c17-14-11-7-4-8-12(16(18,19)20)15(11)21-9-13(14)22-10-5-2-1-3-6-10/h1-9H. The van der Waals surface area contributed by atoms with Gasteiger partial charge >= 0.3 is 6.18 Å². The van der Waals surface area contributed by atoms with Gasteiger partial charge in [-0.3, -0.25) is 4.98 Å². The summed E-state index contributed by atoms with van der Waals surface area (Å²) < 4.78 is 39.7. The smallest absolute Gasteiger partial charge is 0.254 e. The highest BCUT2D eigenvalue weighted by molar-refractivity contribution is 9.10. The van der Waals surface area contributed by atoms with Crippen LogP contribution in [0.4, 0.5) is 13.2 Å². The molecular weight excluding hydrogens is 375 g/mol. The zero-order chi connectivity index (χ0) is 15.7. The van der Waals surface area contributed by atoms with Crippen LogP contribution in [0, 0.1) is 0 Å². The van der Waals surface area contributed by atoms with Crippen LogP contribution < -0.4 is 0 Å². The molecule has 0 saturated carbocycles. The molecule has 1 heterocycles. The third-order valence-corrected chi connectivity index (χ3v) is 5.23. The van der Waals surface area contributed by atoms with E-state index >= 15 is 0 Å². The van der Waals surface area contributed by atoms with E-state index in [0.29, 0.717) is 9.86 Å². The second-order valence-corrected chi connectivity index (χ2v) is 6.46. The molecule has 0 N–H and O–H groups in total. The first-order chi connectivity index (χ1) is 10.5. The molecule has 0 saturated heterocycles. The first-order valence-corrected chi connectivity index (χ1v) is 7.95. The molecular formula is C16H9BrF3NS. The summed E-state index contributed by atoms with van der Waals surface area (Å²) in [6.07, 6.45) is -2.95. The Hall–Kier alpha value is -1.53. The lowest BCUT2D eigenvalue weighted by atomic mass is 10.1. The van der Waals surface area contributed by atoms with Crippen LogP contribution in [-0.2, 0) is 6.18 Å². The SMILES string of the molecule is FC(F)(F)c1cccc2c(Br)c(Sc3ccccc3)cnc12. The molecule has 0 atom stereocenters. The first kappa shape index (κ1) is 15.4. The van der Waals surface area contributed by atoms with Crippen molar-refractivity contribution in [2.24, 2.45) is 0 Å². The van der Waals surface area contributed by atoms with Gasteiger partial charge in [-0.2, -0.15) is 13.2 Å². The van der Waals surface area contributed by atoms with Crippen molar-refractivity contribution in [2.45, 2.75) is 16.0 Å². The van der Waals surface area contributed by atoms with Crippen molar-refractivity contribution in [3.05, 3.63) is 64.8 Å². The number of rotatable bonds is 2. The molecule has 1 aromatic heterocycles. The predicted molar refractivity (Wildman–Crippen MR) is 85.0 cm³/mol. The fourth-order valence-corrected chi connectivity index (χ4v) is 3.60. The zero-order valence-electron chi connectivity index (χ0n) is 11.1. The predicted octanol–water partition coefficient (Wildman–Crippen LogP) is 6.17. The van der Waals surface area contributed by atoms with Gasteiger partial charge in [-0.05, 0) is 34.1 Å². The molecule has 1 nitrogen and oxygen atoms in total. The van der Waals surface area contributed by atoms with Crippen LogP contribution in [0.15, 0.2) is 69.0 Å². The minimum Gasteiger partial charge on any atom is -0.254 e. The van der Waals surface area contributed by atoms with Gasteiger partial charge in [0.1, 0.15) is 0 Å². The summed E-state index contributed by atoms with van der Waals surface area (Å²) in [4.78, 5) is 5.81. The number of hydrogen-bond donors (Lipinski definition) is 0. The molecule has 6 heteroatoms. The van der Waals surface area contributed by atoms with Gasteiger partial charge in [0.2, 0.25) is 0 Å². The van der Waals surface area contributed by atoms with Crippen molar-refractivity contribution < 1.29 is 13.2 Å². The maximum Gasteiger partial charge on any atom is 0.418 e. The number of halogens is 4.